The zero-order chi connectivity index (χ0) is 16.9. The molecule has 4 rings (SSSR count). The predicted molar refractivity (Wildman–Crippen MR) is 93.8 cm³/mol. The molecule has 25 heavy (non-hydrogen) atoms. The van der Waals surface area contributed by atoms with Crippen LogP contribution in [0.5, 0.6) is 0 Å². The fourth-order valence-corrected chi connectivity index (χ4v) is 3.88. The molecule has 0 N–H and O–H groups in total. The van der Waals surface area contributed by atoms with Crippen LogP contribution in [0.2, 0.25) is 0 Å². The van der Waals surface area contributed by atoms with Crippen LogP contribution in [0.25, 0.3) is 0 Å². The van der Waals surface area contributed by atoms with E-state index in [4.69, 9.17) is 4.74 Å². The second-order valence-electron chi connectivity index (χ2n) is 6.97. The maximum Gasteiger partial charge on any atom is 2.00 e. The number of likely N-dealkylation sites (tertiary alicyclic amines) is 2. The van der Waals surface area contributed by atoms with Crippen molar-refractivity contribution in [1.29, 1.82) is 0 Å². The summed E-state index contributed by atoms with van der Waals surface area (Å²) in [4.78, 5) is 16.8. The molecule has 0 aromatic carbocycles. The predicted octanol–water partition coefficient (Wildman–Crippen LogP) is 1.45. The van der Waals surface area contributed by atoms with Crippen molar-refractivity contribution in [3.05, 3.63) is 63.7 Å². The van der Waals surface area contributed by atoms with Crippen LogP contribution in [0.15, 0.2) is 0 Å². The molecule has 4 fully saturated rings. The Balaban J connectivity index is 0.000000325. The van der Waals surface area contributed by atoms with E-state index in [2.05, 4.69) is 23.9 Å². The van der Waals surface area contributed by atoms with E-state index in [1.807, 2.05) is 57.8 Å². The van der Waals surface area contributed by atoms with E-state index in [0.717, 1.165) is 26.2 Å². The van der Waals surface area contributed by atoms with Crippen LogP contribution in [0.1, 0.15) is 0 Å². The summed E-state index contributed by atoms with van der Waals surface area (Å²) in [6.45, 7) is 4.05. The summed E-state index contributed by atoms with van der Waals surface area (Å²) in [7, 11) is 4.31. The van der Waals surface area contributed by atoms with E-state index in [0.29, 0.717) is 17.8 Å². The minimum absolute atomic E-state index is 0. The summed E-state index contributed by atoms with van der Waals surface area (Å²) < 4.78 is 5.81. The Kier molecular flexibility index (Phi) is 8.74. The molecule has 2 heterocycles. The first-order valence-electron chi connectivity index (χ1n) is 8.60. The van der Waals surface area contributed by atoms with Crippen molar-refractivity contribution in [2.24, 2.45) is 11.8 Å². The average Bonchev–Trinajstić information content (AvgIpc) is 3.24. The van der Waals surface area contributed by atoms with E-state index < -0.39 is 0 Å². The van der Waals surface area contributed by atoms with Crippen LogP contribution in [0.3, 0.4) is 0 Å². The number of hydrogen-bond acceptors (Lipinski definition) is 4. The number of ether oxygens (including phenoxy) is 1. The Morgan fingerprint density at radius 3 is 1.64 bits per heavy atom. The molecule has 5 heteroatoms. The van der Waals surface area contributed by atoms with E-state index in [-0.39, 0.29) is 29.1 Å². The number of nitrogens with zero attached hydrogens (tertiary/aromatic N) is 2. The number of rotatable bonds is 2. The smallest absolute Gasteiger partial charge is 0.461 e. The molecule has 0 aromatic heterocycles. The molecule has 0 amide bonds. The zero-order valence-electron chi connectivity index (χ0n) is 14.8. The molecule has 0 atom stereocenters. The van der Waals surface area contributed by atoms with Gasteiger partial charge in [-0.25, -0.2) is 0 Å². The van der Waals surface area contributed by atoms with Crippen LogP contribution in [-0.4, -0.2) is 62.1 Å². The normalized spacial score (nSPS) is 33.3. The molecule has 0 spiro atoms. The maximum atomic E-state index is 12.1. The molecule has 2 aliphatic carbocycles. The van der Waals surface area contributed by atoms with Crippen molar-refractivity contribution >= 4 is 5.97 Å². The second-order valence-corrected chi connectivity index (χ2v) is 6.97. The first-order valence-corrected chi connectivity index (χ1v) is 8.60. The first-order chi connectivity index (χ1) is 11.6. The summed E-state index contributed by atoms with van der Waals surface area (Å²) in [6, 6.07) is 0. The van der Waals surface area contributed by atoms with Crippen molar-refractivity contribution < 1.29 is 26.6 Å². The van der Waals surface area contributed by atoms with Gasteiger partial charge in [0, 0.05) is 38.0 Å². The van der Waals surface area contributed by atoms with Gasteiger partial charge in [-0.15, -0.1) is 0 Å². The molecule has 0 unspecified atom stereocenters. The van der Waals surface area contributed by atoms with Crippen LogP contribution in [0, 0.1) is 75.5 Å². The summed E-state index contributed by atoms with van der Waals surface area (Å²) >= 11 is 0. The van der Waals surface area contributed by atoms with E-state index in [1.54, 1.807) is 0 Å². The second kappa shape index (κ2) is 10.3. The van der Waals surface area contributed by atoms with Gasteiger partial charge in [0.1, 0.15) is 6.10 Å². The van der Waals surface area contributed by atoms with Gasteiger partial charge in [0.2, 0.25) is 0 Å². The van der Waals surface area contributed by atoms with Gasteiger partial charge in [-0.1, -0.05) is 0 Å². The third-order valence-corrected chi connectivity index (χ3v) is 4.81. The molecule has 0 aromatic rings. The summed E-state index contributed by atoms with van der Waals surface area (Å²) in [6.07, 6.45) is 17.5. The van der Waals surface area contributed by atoms with Gasteiger partial charge in [-0.3, -0.25) is 4.79 Å². The van der Waals surface area contributed by atoms with Crippen molar-refractivity contribution in [1.82, 2.24) is 9.80 Å². The third-order valence-electron chi connectivity index (χ3n) is 4.81. The molecule has 2 saturated carbocycles. The summed E-state index contributed by atoms with van der Waals surface area (Å²) in [5, 5.41) is 0. The van der Waals surface area contributed by atoms with Gasteiger partial charge in [-0.2, -0.15) is 0 Å². The maximum absolute atomic E-state index is 12.1. The topological polar surface area (TPSA) is 32.8 Å². The molecule has 4 nitrogen and oxygen atoms in total. The molecule has 4 aliphatic rings. The first kappa shape index (κ1) is 21.2. The Labute approximate surface area is 164 Å². The van der Waals surface area contributed by atoms with Crippen LogP contribution in [0.4, 0.5) is 0 Å². The zero-order valence-corrected chi connectivity index (χ0v) is 15.9. The van der Waals surface area contributed by atoms with Crippen molar-refractivity contribution in [2.75, 3.05) is 40.3 Å². The monoisotopic (exact) mass is 382 g/mol. The molecule has 2 aliphatic heterocycles. The van der Waals surface area contributed by atoms with Gasteiger partial charge < -0.3 is 14.5 Å². The largest absolute Gasteiger partial charge is 2.00 e. The van der Waals surface area contributed by atoms with Gasteiger partial charge in [0.25, 0.3) is 0 Å². The fraction of sp³-hybridized carbons (Fsp3) is 0.450. The van der Waals surface area contributed by atoms with E-state index in [1.165, 1.54) is 0 Å². The Bertz CT molecular complexity index is 373. The molecule has 134 valence electrons. The SMILES string of the molecule is CN1CC2CN(C)CC(C1)C2OC(=O)[C]1[CH][CH][CH][CH]1.[CH]1[CH][CH][CH][CH]1.[Fe+2]. The number of carbonyl (C=O) groups is 1. The van der Waals surface area contributed by atoms with E-state index >= 15 is 0 Å². The van der Waals surface area contributed by atoms with E-state index in [9.17, 15) is 4.79 Å². The molecule has 2 saturated heterocycles. The van der Waals surface area contributed by atoms with Crippen molar-refractivity contribution in [3.63, 3.8) is 0 Å². The average molecular weight is 382 g/mol. The number of esters is 1. The number of carbonyl (C=O) groups excluding carboxylic acids is 1. The third kappa shape index (κ3) is 5.95. The Morgan fingerprint density at radius 2 is 1.24 bits per heavy atom. The van der Waals surface area contributed by atoms with Crippen molar-refractivity contribution in [2.45, 2.75) is 6.10 Å². The molecular formula is C20H26FeN2O2+2. The van der Waals surface area contributed by atoms with Gasteiger partial charge >= 0.3 is 23.0 Å². The Morgan fingerprint density at radius 1 is 0.840 bits per heavy atom. The number of piperidine rings is 2. The van der Waals surface area contributed by atoms with Gasteiger partial charge in [0.05, 0.1) is 5.92 Å². The van der Waals surface area contributed by atoms with Crippen LogP contribution < -0.4 is 0 Å². The van der Waals surface area contributed by atoms with Crippen LogP contribution in [-0.2, 0) is 26.6 Å². The molecular weight excluding hydrogens is 356 g/mol. The minimum Gasteiger partial charge on any atom is -0.461 e. The fourth-order valence-electron chi connectivity index (χ4n) is 3.88. The molecule has 10 radical (unpaired) electrons. The quantitative estimate of drug-likeness (QED) is 0.535. The van der Waals surface area contributed by atoms with Crippen LogP contribution >= 0.6 is 0 Å². The Hall–Kier alpha value is -0.0905. The van der Waals surface area contributed by atoms with Gasteiger partial charge in [0.15, 0.2) is 0 Å². The standard InChI is InChI=1S/C15H21N2O2.C5H5.Fe/c1-16-7-12-9-17(2)10-13(8-16)14(12)19-15(18)11-5-3-4-6-11;1-2-4-5-3-1;/h3-6,12-14H,7-10H2,1-2H3;1-5H;/q;;+2. The summed E-state index contributed by atoms with van der Waals surface area (Å²) in [5.74, 6) is 1.37. The van der Waals surface area contributed by atoms with Crippen molar-refractivity contribution in [3.8, 4) is 0 Å². The number of fused-ring (bicyclic) bond motifs is 2. The summed E-state index contributed by atoms with van der Waals surface area (Å²) in [5.41, 5.74) is 0. The van der Waals surface area contributed by atoms with Gasteiger partial charge in [-0.05, 0) is 71.9 Å². The minimum atomic E-state index is -0.167. The molecule has 2 bridgehead atoms. The number of hydrogen-bond donors (Lipinski definition) is 0.